The minimum atomic E-state index is -0.666. The minimum absolute atomic E-state index is 0.0899. The summed E-state index contributed by atoms with van der Waals surface area (Å²) in [6.45, 7) is 8.70. The molecule has 0 aliphatic carbocycles. The topological polar surface area (TPSA) is 108 Å². The van der Waals surface area contributed by atoms with Gasteiger partial charge in [-0.2, -0.15) is 0 Å². The van der Waals surface area contributed by atoms with Gasteiger partial charge in [-0.05, 0) is 75.1 Å². The molecule has 1 fully saturated rings. The van der Waals surface area contributed by atoms with Crippen LogP contribution in [0, 0.1) is 0 Å². The number of hydrogen-bond acceptors (Lipinski definition) is 6. The van der Waals surface area contributed by atoms with Crippen molar-refractivity contribution in [3.63, 3.8) is 0 Å². The number of fused-ring (bicyclic) bond motifs is 1. The number of hydrogen-bond donors (Lipinski definition) is 2. The number of nitrogens with one attached hydrogen (secondary N) is 2. The van der Waals surface area contributed by atoms with Gasteiger partial charge in [-0.15, -0.1) is 0 Å². The third-order valence-electron chi connectivity index (χ3n) is 7.17. The molecule has 39 heavy (non-hydrogen) atoms. The molecule has 4 rings (SSSR count). The molecule has 4 amide bonds. The molecule has 0 bridgehead atoms. The molecule has 1 atom stereocenters. The Morgan fingerprint density at radius 3 is 2.49 bits per heavy atom. The summed E-state index contributed by atoms with van der Waals surface area (Å²) in [6, 6.07) is 11.9. The summed E-state index contributed by atoms with van der Waals surface area (Å²) in [7, 11) is 0. The van der Waals surface area contributed by atoms with E-state index in [1.807, 2.05) is 18.2 Å². The Bertz CT molecular complexity index is 1190. The SMILES string of the molecule is CCCN(CCC)CCCNC(=O)c1ccc(COc2cccc3c2CN(C2CCC(=O)NC2=O)C3=O)cc1. The lowest BCUT2D eigenvalue weighted by molar-refractivity contribution is -0.136. The Labute approximate surface area is 229 Å². The zero-order chi connectivity index (χ0) is 27.8. The quantitative estimate of drug-likeness (QED) is 0.302. The standard InChI is InChI=1S/C30H38N4O5/c1-3-16-33(17-4-2)18-6-15-31-28(36)22-11-9-21(10-12-22)20-39-26-8-5-7-23-24(26)19-34(30(23)38)25-13-14-27(35)32-29(25)37/h5,7-12,25H,3-4,6,13-20H2,1-2H3,(H,31,36)(H,32,35,37). The van der Waals surface area contributed by atoms with Crippen molar-refractivity contribution in [1.82, 2.24) is 20.4 Å². The second kappa shape index (κ2) is 13.4. The van der Waals surface area contributed by atoms with Crippen LogP contribution in [0.15, 0.2) is 42.5 Å². The van der Waals surface area contributed by atoms with E-state index in [1.165, 1.54) is 4.90 Å². The molecule has 9 heteroatoms. The van der Waals surface area contributed by atoms with E-state index < -0.39 is 11.9 Å². The van der Waals surface area contributed by atoms with Gasteiger partial charge in [-0.25, -0.2) is 0 Å². The Balaban J connectivity index is 1.29. The van der Waals surface area contributed by atoms with Gasteiger partial charge in [0.25, 0.3) is 11.8 Å². The van der Waals surface area contributed by atoms with Crippen molar-refractivity contribution >= 4 is 23.6 Å². The number of imide groups is 1. The van der Waals surface area contributed by atoms with Gasteiger partial charge in [0.1, 0.15) is 18.4 Å². The highest BCUT2D eigenvalue weighted by molar-refractivity contribution is 6.05. The molecule has 208 valence electrons. The molecule has 0 aromatic heterocycles. The Morgan fingerprint density at radius 2 is 1.79 bits per heavy atom. The van der Waals surface area contributed by atoms with E-state index in [2.05, 4.69) is 29.4 Å². The predicted molar refractivity (Wildman–Crippen MR) is 147 cm³/mol. The van der Waals surface area contributed by atoms with Crippen LogP contribution in [0.4, 0.5) is 0 Å². The van der Waals surface area contributed by atoms with Crippen molar-refractivity contribution in [1.29, 1.82) is 0 Å². The monoisotopic (exact) mass is 534 g/mol. The fourth-order valence-corrected chi connectivity index (χ4v) is 5.18. The Hall–Kier alpha value is -3.72. The second-order valence-electron chi connectivity index (χ2n) is 10.1. The van der Waals surface area contributed by atoms with Crippen molar-refractivity contribution in [3.8, 4) is 5.75 Å². The maximum atomic E-state index is 13.0. The molecule has 0 radical (unpaired) electrons. The fourth-order valence-electron chi connectivity index (χ4n) is 5.18. The van der Waals surface area contributed by atoms with Crippen LogP contribution in [0.5, 0.6) is 5.75 Å². The van der Waals surface area contributed by atoms with Crippen molar-refractivity contribution < 1.29 is 23.9 Å². The lowest BCUT2D eigenvalue weighted by Crippen LogP contribution is -2.52. The van der Waals surface area contributed by atoms with Crippen LogP contribution in [0.3, 0.4) is 0 Å². The van der Waals surface area contributed by atoms with Crippen molar-refractivity contribution in [3.05, 3.63) is 64.7 Å². The molecule has 2 heterocycles. The zero-order valence-corrected chi connectivity index (χ0v) is 22.8. The first kappa shape index (κ1) is 28.3. The number of ether oxygens (including phenoxy) is 1. The van der Waals surface area contributed by atoms with E-state index >= 15 is 0 Å². The van der Waals surface area contributed by atoms with E-state index in [1.54, 1.807) is 24.3 Å². The highest BCUT2D eigenvalue weighted by Crippen LogP contribution is 2.34. The van der Waals surface area contributed by atoms with Crippen molar-refractivity contribution in [2.24, 2.45) is 0 Å². The summed E-state index contributed by atoms with van der Waals surface area (Å²) in [5.41, 5.74) is 2.74. The predicted octanol–water partition coefficient (Wildman–Crippen LogP) is 3.27. The van der Waals surface area contributed by atoms with Gasteiger partial charge in [-0.3, -0.25) is 24.5 Å². The van der Waals surface area contributed by atoms with Gasteiger partial charge in [0.2, 0.25) is 11.8 Å². The van der Waals surface area contributed by atoms with E-state index in [0.717, 1.165) is 50.0 Å². The first-order valence-electron chi connectivity index (χ1n) is 13.9. The van der Waals surface area contributed by atoms with Crippen molar-refractivity contribution in [2.75, 3.05) is 26.2 Å². The summed E-state index contributed by atoms with van der Waals surface area (Å²) in [5.74, 6) is -0.489. The highest BCUT2D eigenvalue weighted by atomic mass is 16.5. The molecule has 2 aliphatic rings. The van der Waals surface area contributed by atoms with Gasteiger partial charge >= 0.3 is 0 Å². The van der Waals surface area contributed by atoms with E-state index in [4.69, 9.17) is 4.74 Å². The largest absolute Gasteiger partial charge is 0.489 e. The molecule has 2 N–H and O–H groups in total. The van der Waals surface area contributed by atoms with Crippen LogP contribution in [0.2, 0.25) is 0 Å². The first-order valence-corrected chi connectivity index (χ1v) is 13.9. The molecule has 0 spiro atoms. The third kappa shape index (κ3) is 7.03. The van der Waals surface area contributed by atoms with Crippen LogP contribution in [-0.2, 0) is 22.7 Å². The molecule has 1 unspecified atom stereocenters. The number of rotatable bonds is 13. The summed E-state index contributed by atoms with van der Waals surface area (Å²) in [5, 5.41) is 5.33. The molecule has 2 aromatic rings. The molecule has 9 nitrogen and oxygen atoms in total. The lowest BCUT2D eigenvalue weighted by Gasteiger charge is -2.29. The van der Waals surface area contributed by atoms with Crippen LogP contribution in [0.25, 0.3) is 0 Å². The maximum Gasteiger partial charge on any atom is 0.255 e. The lowest BCUT2D eigenvalue weighted by atomic mass is 10.0. The average Bonchev–Trinajstić information content (AvgIpc) is 3.27. The number of nitrogens with zero attached hydrogens (tertiary/aromatic N) is 2. The van der Waals surface area contributed by atoms with Gasteiger partial charge in [0.05, 0.1) is 6.54 Å². The Kier molecular flexibility index (Phi) is 9.70. The van der Waals surface area contributed by atoms with Gasteiger partial charge < -0.3 is 19.9 Å². The molecule has 0 saturated carbocycles. The van der Waals surface area contributed by atoms with Crippen LogP contribution >= 0.6 is 0 Å². The van der Waals surface area contributed by atoms with Gasteiger partial charge in [-0.1, -0.05) is 32.0 Å². The van der Waals surface area contributed by atoms with Crippen molar-refractivity contribution in [2.45, 2.75) is 65.1 Å². The van der Waals surface area contributed by atoms with Crippen LogP contribution in [-0.4, -0.2) is 65.6 Å². The molecule has 2 aliphatic heterocycles. The van der Waals surface area contributed by atoms with Gasteiger partial charge in [0, 0.05) is 29.7 Å². The summed E-state index contributed by atoms with van der Waals surface area (Å²) < 4.78 is 6.07. The van der Waals surface area contributed by atoms with Crippen LogP contribution in [0.1, 0.15) is 77.8 Å². The number of benzene rings is 2. The summed E-state index contributed by atoms with van der Waals surface area (Å²) in [6.07, 6.45) is 3.71. The number of carbonyl (C=O) groups is 4. The average molecular weight is 535 g/mol. The molecule has 2 aromatic carbocycles. The van der Waals surface area contributed by atoms with Gasteiger partial charge in [0.15, 0.2) is 0 Å². The Morgan fingerprint density at radius 1 is 1.05 bits per heavy atom. The molecular formula is C30H38N4O5. The normalized spacial score (nSPS) is 16.8. The number of amides is 4. The zero-order valence-electron chi connectivity index (χ0n) is 22.8. The number of carbonyl (C=O) groups excluding carboxylic acids is 4. The van der Waals surface area contributed by atoms with E-state index in [0.29, 0.717) is 29.8 Å². The van der Waals surface area contributed by atoms with E-state index in [-0.39, 0.29) is 37.3 Å². The molecule has 1 saturated heterocycles. The maximum absolute atomic E-state index is 13.0. The summed E-state index contributed by atoms with van der Waals surface area (Å²) in [4.78, 5) is 53.3. The third-order valence-corrected chi connectivity index (χ3v) is 7.17. The van der Waals surface area contributed by atoms with Crippen LogP contribution < -0.4 is 15.4 Å². The summed E-state index contributed by atoms with van der Waals surface area (Å²) >= 11 is 0. The molecular weight excluding hydrogens is 496 g/mol. The minimum Gasteiger partial charge on any atom is -0.489 e. The highest BCUT2D eigenvalue weighted by Gasteiger charge is 2.40. The van der Waals surface area contributed by atoms with E-state index in [9.17, 15) is 19.2 Å². The number of piperidine rings is 1. The smallest absolute Gasteiger partial charge is 0.255 e. The second-order valence-corrected chi connectivity index (χ2v) is 10.1. The fraction of sp³-hybridized carbons (Fsp3) is 0.467. The first-order chi connectivity index (χ1) is 18.9.